The lowest BCUT2D eigenvalue weighted by molar-refractivity contribution is -0.198. The number of carbonyl (C=O) groups is 2. The SMILES string of the molecule is COc1cc2c(cc1O)CCNC21CS(=O)C2c3c(OC(C)=O)c(C)c4c(c3C(COC1=O)N1C(C#N)C3CC5CC(C)C(OC)C(O)C5C(C21)N3C)OCO4. The first-order valence-corrected chi connectivity index (χ1v) is 20.7. The summed E-state index contributed by atoms with van der Waals surface area (Å²) in [7, 11) is 3.01. The molecule has 0 radical (unpaired) electrons. The van der Waals surface area contributed by atoms with Crippen molar-refractivity contribution in [2.24, 2.45) is 17.8 Å². The second kappa shape index (κ2) is 13.6. The third-order valence-corrected chi connectivity index (χ3v) is 15.7. The molecule has 13 unspecified atom stereocenters. The van der Waals surface area contributed by atoms with Crippen molar-refractivity contribution in [3.8, 4) is 34.8 Å². The smallest absolute Gasteiger partial charge is 0.332 e. The van der Waals surface area contributed by atoms with Gasteiger partial charge in [0, 0.05) is 72.1 Å². The predicted octanol–water partition coefficient (Wildman–Crippen LogP) is 2.10. The molecule has 2 aromatic carbocycles. The first-order chi connectivity index (χ1) is 26.9. The fourth-order valence-electron chi connectivity index (χ4n) is 11.8. The Morgan fingerprint density at radius 2 is 1.91 bits per heavy atom. The maximum absolute atomic E-state index is 16.0. The lowest BCUT2D eigenvalue weighted by Crippen LogP contribution is -2.77. The van der Waals surface area contributed by atoms with Crippen molar-refractivity contribution < 1.29 is 52.4 Å². The van der Waals surface area contributed by atoms with Gasteiger partial charge in [-0.05, 0) is 68.3 Å². The number of esters is 2. The van der Waals surface area contributed by atoms with E-state index >= 15 is 4.21 Å². The standard InChI is InChI=1S/C40H48N4O11S/c1-17-9-21-10-23-24(13-41)44-25-14-52-39(48)40(22-12-27(50-5)26(46)11-20(22)7-8-42-40)15-56(49)38(32(44)31(43(23)4)28(21)33(47)34(17)51-6)30-29(25)37-36(53-16-54-37)18(2)35(30)55-19(3)45/h11-12,17,21,23-25,28,31-34,38,42,46-47H,7-10,14-16H2,1-6H3. The van der Waals surface area contributed by atoms with Crippen LogP contribution in [0.1, 0.15) is 65.8 Å². The topological polar surface area (TPSA) is 189 Å². The quantitative estimate of drug-likeness (QED) is 0.303. The zero-order valence-corrected chi connectivity index (χ0v) is 33.1. The minimum Gasteiger partial charge on any atom is -0.504 e. The first kappa shape index (κ1) is 37.6. The van der Waals surface area contributed by atoms with Crippen LogP contribution < -0.4 is 24.3 Å². The third-order valence-electron chi connectivity index (χ3n) is 13.9. The number of methoxy groups -OCH3 is 2. The number of carbonyl (C=O) groups excluding carboxylic acids is 2. The number of nitrogens with one attached hydrogen (secondary N) is 1. The molecule has 4 fully saturated rings. The Hall–Kier alpha value is -3.98. The Morgan fingerprint density at radius 1 is 1.14 bits per heavy atom. The van der Waals surface area contributed by atoms with Crippen LogP contribution in [0.5, 0.6) is 28.7 Å². The summed E-state index contributed by atoms with van der Waals surface area (Å²) < 4.78 is 52.1. The lowest BCUT2D eigenvalue weighted by atomic mass is 9.59. The number of nitrogens with zero attached hydrogens (tertiary/aromatic N) is 3. The van der Waals surface area contributed by atoms with E-state index in [-0.39, 0.29) is 60.2 Å². The number of piperidine rings is 1. The van der Waals surface area contributed by atoms with Crippen LogP contribution in [0.2, 0.25) is 0 Å². The molecule has 2 aromatic rings. The van der Waals surface area contributed by atoms with Gasteiger partial charge in [-0.1, -0.05) is 6.92 Å². The largest absolute Gasteiger partial charge is 0.504 e. The molecule has 0 amide bonds. The number of rotatable bonds is 3. The van der Waals surface area contributed by atoms with Crippen molar-refractivity contribution >= 4 is 22.7 Å². The highest BCUT2D eigenvalue weighted by Crippen LogP contribution is 2.62. The van der Waals surface area contributed by atoms with Gasteiger partial charge in [0.2, 0.25) is 6.79 Å². The van der Waals surface area contributed by atoms with E-state index in [0.717, 1.165) is 6.42 Å². The van der Waals surface area contributed by atoms with Gasteiger partial charge in [0.25, 0.3) is 0 Å². The Labute approximate surface area is 327 Å². The van der Waals surface area contributed by atoms with Crippen molar-refractivity contribution in [1.82, 2.24) is 15.1 Å². The number of phenols is 1. The van der Waals surface area contributed by atoms with Gasteiger partial charge in [-0.25, -0.2) is 4.79 Å². The molecular weight excluding hydrogens is 745 g/mol. The monoisotopic (exact) mass is 792 g/mol. The number of hydrogen-bond donors (Lipinski definition) is 3. The van der Waals surface area contributed by atoms with Crippen LogP contribution >= 0.6 is 0 Å². The minimum absolute atomic E-state index is 0.0417. The summed E-state index contributed by atoms with van der Waals surface area (Å²) in [5.74, 6) is -0.739. The Balaban J connectivity index is 1.32. The number of aliphatic hydroxyl groups is 1. The van der Waals surface area contributed by atoms with E-state index in [0.29, 0.717) is 58.7 Å². The van der Waals surface area contributed by atoms with Gasteiger partial charge in [-0.3, -0.25) is 24.1 Å². The van der Waals surface area contributed by atoms with Gasteiger partial charge in [-0.2, -0.15) is 5.26 Å². The molecule has 0 aromatic heterocycles. The van der Waals surface area contributed by atoms with E-state index in [9.17, 15) is 25.1 Å². The van der Waals surface area contributed by atoms with Crippen molar-refractivity contribution in [1.29, 1.82) is 5.26 Å². The second-order valence-electron chi connectivity index (χ2n) is 16.5. The van der Waals surface area contributed by atoms with Crippen LogP contribution in [0.25, 0.3) is 0 Å². The number of piperazine rings is 1. The number of likely N-dealkylation sites (N-methyl/N-ethyl adjacent to an activating group) is 1. The van der Waals surface area contributed by atoms with Gasteiger partial charge in [0.1, 0.15) is 18.4 Å². The number of fused-ring (bicyclic) bond motifs is 9. The highest BCUT2D eigenvalue weighted by molar-refractivity contribution is 7.85. The number of aromatic hydroxyl groups is 1. The number of hydrogen-bond acceptors (Lipinski definition) is 15. The van der Waals surface area contributed by atoms with Gasteiger partial charge in [-0.15, -0.1) is 0 Å². The molecule has 7 heterocycles. The molecule has 3 saturated heterocycles. The summed E-state index contributed by atoms with van der Waals surface area (Å²) in [6.45, 7) is 5.15. The number of aliphatic hydroxyl groups excluding tert-OH is 1. The maximum atomic E-state index is 16.0. The Bertz CT molecular complexity index is 2080. The van der Waals surface area contributed by atoms with Crippen LogP contribution in [0.15, 0.2) is 12.1 Å². The zero-order chi connectivity index (χ0) is 39.5. The third kappa shape index (κ3) is 5.13. The Kier molecular flexibility index (Phi) is 9.10. The number of benzene rings is 2. The van der Waals surface area contributed by atoms with Crippen LogP contribution in [0, 0.1) is 36.0 Å². The minimum atomic E-state index is -2.00. The molecule has 13 atom stereocenters. The molecule has 8 aliphatic rings. The summed E-state index contributed by atoms with van der Waals surface area (Å²) in [6.07, 6.45) is 0.604. The van der Waals surface area contributed by atoms with Gasteiger partial charge >= 0.3 is 11.9 Å². The number of nitriles is 1. The molecule has 1 spiro atoms. The van der Waals surface area contributed by atoms with Crippen molar-refractivity contribution in [2.75, 3.05) is 47.0 Å². The molecule has 56 heavy (non-hydrogen) atoms. The summed E-state index contributed by atoms with van der Waals surface area (Å²) in [5.41, 5.74) is 1.03. The van der Waals surface area contributed by atoms with Crippen LogP contribution in [0.4, 0.5) is 0 Å². The lowest BCUT2D eigenvalue weighted by Gasteiger charge is -2.66. The van der Waals surface area contributed by atoms with Crippen molar-refractivity contribution in [2.45, 2.75) is 93.2 Å². The van der Waals surface area contributed by atoms with E-state index < -0.39 is 69.9 Å². The zero-order valence-electron chi connectivity index (χ0n) is 32.3. The van der Waals surface area contributed by atoms with Gasteiger partial charge in [0.05, 0.1) is 42.4 Å². The highest BCUT2D eigenvalue weighted by Gasteiger charge is 2.66. The van der Waals surface area contributed by atoms with Crippen LogP contribution in [-0.2, 0) is 41.8 Å². The average Bonchev–Trinajstić information content (AvgIpc) is 3.65. The fraction of sp³-hybridized carbons (Fsp3) is 0.625. The maximum Gasteiger partial charge on any atom is 0.332 e. The van der Waals surface area contributed by atoms with Crippen LogP contribution in [-0.4, -0.2) is 120 Å². The molecule has 16 heteroatoms. The molecule has 15 nitrogen and oxygen atoms in total. The van der Waals surface area contributed by atoms with E-state index in [4.69, 9.17) is 28.4 Å². The second-order valence-corrected chi connectivity index (χ2v) is 18.0. The normalized spacial score (nSPS) is 38.4. The summed E-state index contributed by atoms with van der Waals surface area (Å²) >= 11 is 0. The van der Waals surface area contributed by atoms with Gasteiger partial charge in [0.15, 0.2) is 28.5 Å². The molecule has 1 aliphatic carbocycles. The van der Waals surface area contributed by atoms with E-state index in [2.05, 4.69) is 28.1 Å². The fourth-order valence-corrected chi connectivity index (χ4v) is 13.8. The van der Waals surface area contributed by atoms with Crippen molar-refractivity contribution in [3.05, 3.63) is 39.9 Å². The number of ether oxygens (including phenoxy) is 6. The summed E-state index contributed by atoms with van der Waals surface area (Å²) in [5, 5.41) is 36.6. The Morgan fingerprint density at radius 3 is 2.62 bits per heavy atom. The predicted molar refractivity (Wildman–Crippen MR) is 199 cm³/mol. The summed E-state index contributed by atoms with van der Waals surface area (Å²) in [4.78, 5) is 32.0. The van der Waals surface area contributed by atoms with Crippen molar-refractivity contribution in [3.63, 3.8) is 0 Å². The molecule has 3 N–H and O–H groups in total. The molecule has 300 valence electrons. The summed E-state index contributed by atoms with van der Waals surface area (Å²) in [6, 6.07) is 2.82. The molecule has 4 bridgehead atoms. The molecular formula is C40H48N4O11S. The van der Waals surface area contributed by atoms with E-state index in [1.54, 1.807) is 26.2 Å². The molecule has 7 aliphatic heterocycles. The van der Waals surface area contributed by atoms with Crippen LogP contribution in [0.3, 0.4) is 0 Å². The first-order valence-electron chi connectivity index (χ1n) is 19.3. The van der Waals surface area contributed by atoms with E-state index in [1.807, 2.05) is 7.05 Å². The molecule has 10 rings (SSSR count). The van der Waals surface area contributed by atoms with E-state index in [1.165, 1.54) is 14.0 Å². The highest BCUT2D eigenvalue weighted by atomic mass is 32.2. The van der Waals surface area contributed by atoms with Gasteiger partial charge < -0.3 is 38.6 Å². The molecule has 1 saturated carbocycles. The number of phenolic OH excluding ortho intramolecular Hbond substituents is 1. The average molecular weight is 793 g/mol.